The molecule has 7 heteroatoms. The first-order valence-corrected chi connectivity index (χ1v) is 5.05. The molecular weight excluding hydrogens is 222 g/mol. The summed E-state index contributed by atoms with van der Waals surface area (Å²) in [5.74, 6) is -0.113. The highest BCUT2D eigenvalue weighted by atomic mass is 16.3. The summed E-state index contributed by atoms with van der Waals surface area (Å²) in [5.41, 5.74) is 1.02. The summed E-state index contributed by atoms with van der Waals surface area (Å²) in [7, 11) is 0. The number of rotatable bonds is 4. The number of nitrogens with one attached hydrogen (secondary N) is 2. The van der Waals surface area contributed by atoms with Crippen molar-refractivity contribution in [1.29, 1.82) is 0 Å². The van der Waals surface area contributed by atoms with Crippen LogP contribution in [0.25, 0.3) is 0 Å². The molecule has 0 fully saturated rings. The maximum absolute atomic E-state index is 11.4. The van der Waals surface area contributed by atoms with Gasteiger partial charge in [-0.2, -0.15) is 5.21 Å². The first-order chi connectivity index (χ1) is 8.25. The average Bonchev–Trinajstić information content (AvgIpc) is 2.85. The lowest BCUT2D eigenvalue weighted by molar-refractivity contribution is 0.0944. The van der Waals surface area contributed by atoms with Gasteiger partial charge in [-0.25, -0.2) is 0 Å². The van der Waals surface area contributed by atoms with Gasteiger partial charge in [0.25, 0.3) is 11.7 Å². The summed E-state index contributed by atoms with van der Waals surface area (Å²) < 4.78 is 0. The molecule has 0 aliphatic carbocycles. The SMILES string of the molecule is O=C(NCCc1ccc(O)cc1)c1nn[nH]n1. The third-order valence-corrected chi connectivity index (χ3v) is 2.18. The number of tetrazole rings is 1. The van der Waals surface area contributed by atoms with Crippen LogP contribution in [0.1, 0.15) is 16.2 Å². The molecule has 0 radical (unpaired) electrons. The monoisotopic (exact) mass is 233 g/mol. The highest BCUT2D eigenvalue weighted by molar-refractivity contribution is 5.89. The zero-order valence-electron chi connectivity index (χ0n) is 8.92. The summed E-state index contributed by atoms with van der Waals surface area (Å²) in [6, 6.07) is 6.82. The standard InChI is InChI=1S/C10H11N5O2/c16-8-3-1-7(2-4-8)5-6-11-10(17)9-12-14-15-13-9/h1-4,16H,5-6H2,(H,11,17)(H,12,13,14,15). The van der Waals surface area contributed by atoms with Crippen molar-refractivity contribution in [1.82, 2.24) is 25.9 Å². The highest BCUT2D eigenvalue weighted by Gasteiger charge is 2.08. The summed E-state index contributed by atoms with van der Waals surface area (Å²) in [6.07, 6.45) is 0.671. The molecule has 0 spiro atoms. The van der Waals surface area contributed by atoms with E-state index in [-0.39, 0.29) is 17.5 Å². The van der Waals surface area contributed by atoms with Crippen molar-refractivity contribution in [3.05, 3.63) is 35.7 Å². The van der Waals surface area contributed by atoms with Crippen molar-refractivity contribution in [3.8, 4) is 5.75 Å². The van der Waals surface area contributed by atoms with Crippen LogP contribution in [0, 0.1) is 0 Å². The van der Waals surface area contributed by atoms with Gasteiger partial charge < -0.3 is 10.4 Å². The van der Waals surface area contributed by atoms with E-state index in [1.165, 1.54) is 0 Å². The Kier molecular flexibility index (Phi) is 3.29. The van der Waals surface area contributed by atoms with E-state index in [1.807, 2.05) is 0 Å². The molecule has 2 rings (SSSR count). The van der Waals surface area contributed by atoms with Crippen LogP contribution in [0.5, 0.6) is 5.75 Å². The minimum atomic E-state index is -0.363. The Balaban J connectivity index is 1.80. The molecule has 1 aromatic heterocycles. The Morgan fingerprint density at radius 1 is 1.35 bits per heavy atom. The molecule has 0 aliphatic heterocycles. The fourth-order valence-electron chi connectivity index (χ4n) is 1.32. The third-order valence-electron chi connectivity index (χ3n) is 2.18. The molecule has 1 amide bonds. The second-order valence-electron chi connectivity index (χ2n) is 3.41. The van der Waals surface area contributed by atoms with E-state index in [2.05, 4.69) is 25.9 Å². The van der Waals surface area contributed by atoms with Crippen LogP contribution in [0.2, 0.25) is 0 Å². The minimum absolute atomic E-state index is 0.0238. The summed E-state index contributed by atoms with van der Waals surface area (Å²) in [4.78, 5) is 11.4. The van der Waals surface area contributed by atoms with Gasteiger partial charge in [-0.15, -0.1) is 10.2 Å². The number of H-pyrrole nitrogens is 1. The minimum Gasteiger partial charge on any atom is -0.508 e. The number of benzene rings is 1. The van der Waals surface area contributed by atoms with E-state index in [1.54, 1.807) is 24.3 Å². The van der Waals surface area contributed by atoms with Crippen molar-refractivity contribution in [2.75, 3.05) is 6.54 Å². The lowest BCUT2D eigenvalue weighted by atomic mass is 10.1. The molecule has 0 unspecified atom stereocenters. The third kappa shape index (κ3) is 3.00. The number of aromatic amines is 1. The van der Waals surface area contributed by atoms with E-state index in [4.69, 9.17) is 5.11 Å². The Morgan fingerprint density at radius 2 is 2.12 bits per heavy atom. The number of hydrogen-bond donors (Lipinski definition) is 3. The second kappa shape index (κ2) is 5.06. The van der Waals surface area contributed by atoms with Crippen LogP contribution in [-0.2, 0) is 6.42 Å². The van der Waals surface area contributed by atoms with Gasteiger partial charge in [0.2, 0.25) is 0 Å². The van der Waals surface area contributed by atoms with E-state index < -0.39 is 0 Å². The molecule has 7 nitrogen and oxygen atoms in total. The Hall–Kier alpha value is -2.44. The maximum atomic E-state index is 11.4. The molecule has 0 bridgehead atoms. The van der Waals surface area contributed by atoms with Crippen LogP contribution < -0.4 is 5.32 Å². The van der Waals surface area contributed by atoms with Gasteiger partial charge in [0, 0.05) is 6.54 Å². The predicted molar refractivity (Wildman–Crippen MR) is 58.3 cm³/mol. The van der Waals surface area contributed by atoms with Crippen LogP contribution >= 0.6 is 0 Å². The van der Waals surface area contributed by atoms with Crippen LogP contribution in [0.4, 0.5) is 0 Å². The lowest BCUT2D eigenvalue weighted by Gasteiger charge is -2.02. The molecule has 0 saturated heterocycles. The largest absolute Gasteiger partial charge is 0.508 e. The number of phenolic OH excluding ortho intramolecular Hbond substituents is 1. The van der Waals surface area contributed by atoms with Crippen molar-refractivity contribution in [2.24, 2.45) is 0 Å². The molecule has 2 aromatic rings. The number of phenols is 1. The predicted octanol–water partition coefficient (Wildman–Crippen LogP) is -0.122. The average molecular weight is 233 g/mol. The highest BCUT2D eigenvalue weighted by Crippen LogP contribution is 2.09. The lowest BCUT2D eigenvalue weighted by Crippen LogP contribution is -2.26. The zero-order valence-corrected chi connectivity index (χ0v) is 8.92. The fourth-order valence-corrected chi connectivity index (χ4v) is 1.32. The number of hydrogen-bond acceptors (Lipinski definition) is 5. The van der Waals surface area contributed by atoms with Crippen LogP contribution in [0.3, 0.4) is 0 Å². The van der Waals surface area contributed by atoms with Gasteiger partial charge in [0.15, 0.2) is 0 Å². The molecule has 0 saturated carbocycles. The quantitative estimate of drug-likeness (QED) is 0.682. The first kappa shape index (κ1) is 11.1. The summed E-state index contributed by atoms with van der Waals surface area (Å²) in [5, 5.41) is 24.4. The molecule has 0 aliphatic rings. The van der Waals surface area contributed by atoms with E-state index >= 15 is 0 Å². The number of aromatic hydroxyl groups is 1. The van der Waals surface area contributed by atoms with E-state index in [0.717, 1.165) is 5.56 Å². The topological polar surface area (TPSA) is 104 Å². The van der Waals surface area contributed by atoms with E-state index in [0.29, 0.717) is 13.0 Å². The maximum Gasteiger partial charge on any atom is 0.292 e. The normalized spacial score (nSPS) is 10.1. The number of carbonyl (C=O) groups is 1. The van der Waals surface area contributed by atoms with Crippen LogP contribution in [-0.4, -0.2) is 38.2 Å². The van der Waals surface area contributed by atoms with Crippen molar-refractivity contribution >= 4 is 5.91 Å². The smallest absolute Gasteiger partial charge is 0.292 e. The van der Waals surface area contributed by atoms with Gasteiger partial charge in [-0.05, 0) is 29.3 Å². The molecule has 0 atom stereocenters. The van der Waals surface area contributed by atoms with Crippen molar-refractivity contribution in [3.63, 3.8) is 0 Å². The fraction of sp³-hybridized carbons (Fsp3) is 0.200. The van der Waals surface area contributed by atoms with Crippen molar-refractivity contribution < 1.29 is 9.90 Å². The number of carbonyl (C=O) groups excluding carboxylic acids is 1. The van der Waals surface area contributed by atoms with Crippen LogP contribution in [0.15, 0.2) is 24.3 Å². The number of aromatic nitrogens is 4. The van der Waals surface area contributed by atoms with E-state index in [9.17, 15) is 4.79 Å². The number of nitrogens with zero attached hydrogens (tertiary/aromatic N) is 3. The Bertz CT molecular complexity index is 480. The molecular formula is C10H11N5O2. The summed E-state index contributed by atoms with van der Waals surface area (Å²) in [6.45, 7) is 0.470. The Labute approximate surface area is 96.9 Å². The molecule has 1 aromatic carbocycles. The second-order valence-corrected chi connectivity index (χ2v) is 3.41. The number of amides is 1. The first-order valence-electron chi connectivity index (χ1n) is 5.05. The van der Waals surface area contributed by atoms with Crippen molar-refractivity contribution in [2.45, 2.75) is 6.42 Å². The van der Waals surface area contributed by atoms with Gasteiger partial charge in [0.05, 0.1) is 0 Å². The van der Waals surface area contributed by atoms with Gasteiger partial charge >= 0.3 is 0 Å². The molecule has 88 valence electrons. The molecule has 1 heterocycles. The summed E-state index contributed by atoms with van der Waals surface area (Å²) >= 11 is 0. The molecule has 17 heavy (non-hydrogen) atoms. The molecule has 3 N–H and O–H groups in total. The Morgan fingerprint density at radius 3 is 2.76 bits per heavy atom. The zero-order chi connectivity index (χ0) is 12.1. The van der Waals surface area contributed by atoms with Gasteiger partial charge in [-0.3, -0.25) is 4.79 Å². The van der Waals surface area contributed by atoms with Gasteiger partial charge in [0.1, 0.15) is 5.75 Å². The van der Waals surface area contributed by atoms with Gasteiger partial charge in [-0.1, -0.05) is 12.1 Å².